The van der Waals surface area contributed by atoms with E-state index >= 15 is 0 Å². The minimum atomic E-state index is 0.297. The van der Waals surface area contributed by atoms with Crippen molar-refractivity contribution >= 4 is 0 Å². The summed E-state index contributed by atoms with van der Waals surface area (Å²) >= 11 is 0. The fourth-order valence-electron chi connectivity index (χ4n) is 3.51. The molecule has 0 spiro atoms. The van der Waals surface area contributed by atoms with Crippen molar-refractivity contribution in [3.8, 4) is 5.75 Å². The first-order valence-corrected chi connectivity index (χ1v) is 8.07. The van der Waals surface area contributed by atoms with Crippen molar-refractivity contribution in [1.82, 2.24) is 10.2 Å². The fraction of sp³-hybridized carbons (Fsp3) is 0.647. The number of benzene rings is 1. The van der Waals surface area contributed by atoms with Gasteiger partial charge in [-0.15, -0.1) is 0 Å². The van der Waals surface area contributed by atoms with Gasteiger partial charge in [-0.3, -0.25) is 4.90 Å². The third-order valence-electron chi connectivity index (χ3n) is 4.50. The summed E-state index contributed by atoms with van der Waals surface area (Å²) in [6, 6.07) is 8.65. The molecule has 2 bridgehead atoms. The molecule has 0 amide bonds. The van der Waals surface area contributed by atoms with Crippen LogP contribution in [0.5, 0.6) is 5.75 Å². The van der Waals surface area contributed by atoms with Crippen LogP contribution in [0.1, 0.15) is 31.4 Å². The van der Waals surface area contributed by atoms with E-state index in [0.29, 0.717) is 24.9 Å². The monoisotopic (exact) mass is 290 g/mol. The number of hydrogen-bond acceptors (Lipinski definition) is 4. The minimum absolute atomic E-state index is 0.297. The predicted molar refractivity (Wildman–Crippen MR) is 83.7 cm³/mol. The molecule has 1 aromatic carbocycles. The number of likely N-dealkylation sites (tertiary alicyclic amines) is 1. The van der Waals surface area contributed by atoms with Gasteiger partial charge in [-0.25, -0.2) is 0 Å². The average molecular weight is 290 g/mol. The Bertz CT molecular complexity index is 454. The van der Waals surface area contributed by atoms with Crippen molar-refractivity contribution in [3.63, 3.8) is 0 Å². The summed E-state index contributed by atoms with van der Waals surface area (Å²) in [5.41, 5.74) is 1.25. The van der Waals surface area contributed by atoms with Gasteiger partial charge in [-0.05, 0) is 32.9 Å². The second kappa shape index (κ2) is 6.77. The van der Waals surface area contributed by atoms with Crippen LogP contribution in [0.2, 0.25) is 0 Å². The maximum Gasteiger partial charge on any atom is 0.124 e. The van der Waals surface area contributed by atoms with Gasteiger partial charge in [0.15, 0.2) is 0 Å². The first-order valence-electron chi connectivity index (χ1n) is 8.07. The SMILES string of the molecule is CCOc1ccccc1C(CN1CC2CCC(C1)O2)NC. The topological polar surface area (TPSA) is 33.7 Å². The molecule has 3 unspecified atom stereocenters. The number of nitrogens with zero attached hydrogens (tertiary/aromatic N) is 1. The van der Waals surface area contributed by atoms with Crippen molar-refractivity contribution in [2.45, 2.75) is 38.0 Å². The molecule has 2 fully saturated rings. The van der Waals surface area contributed by atoms with Crippen LogP contribution in [0.15, 0.2) is 24.3 Å². The van der Waals surface area contributed by atoms with E-state index < -0.39 is 0 Å². The molecule has 1 N–H and O–H groups in total. The minimum Gasteiger partial charge on any atom is -0.494 e. The number of likely N-dealkylation sites (N-methyl/N-ethyl adjacent to an activating group) is 1. The van der Waals surface area contributed by atoms with Crippen molar-refractivity contribution < 1.29 is 9.47 Å². The Hall–Kier alpha value is -1.10. The number of fused-ring (bicyclic) bond motifs is 2. The summed E-state index contributed by atoms with van der Waals surface area (Å²) in [7, 11) is 2.03. The molecule has 0 saturated carbocycles. The van der Waals surface area contributed by atoms with Crippen molar-refractivity contribution in [2.75, 3.05) is 33.3 Å². The van der Waals surface area contributed by atoms with Gasteiger partial charge in [0.2, 0.25) is 0 Å². The Morgan fingerprint density at radius 1 is 1.29 bits per heavy atom. The third-order valence-corrected chi connectivity index (χ3v) is 4.50. The number of rotatable bonds is 6. The van der Waals surface area contributed by atoms with Crippen LogP contribution >= 0.6 is 0 Å². The summed E-state index contributed by atoms with van der Waals surface area (Å²) in [5.74, 6) is 0.996. The molecule has 2 saturated heterocycles. The second-order valence-electron chi connectivity index (χ2n) is 5.99. The zero-order chi connectivity index (χ0) is 14.7. The molecule has 0 aromatic heterocycles. The standard InChI is InChI=1S/C17H26N2O2/c1-3-20-17-7-5-4-6-15(17)16(18-2)12-19-10-13-8-9-14(11-19)21-13/h4-7,13-14,16,18H,3,8-12H2,1-2H3. The molecule has 4 heteroatoms. The van der Waals surface area contributed by atoms with Gasteiger partial charge in [0.05, 0.1) is 18.8 Å². The fourth-order valence-corrected chi connectivity index (χ4v) is 3.51. The molecular weight excluding hydrogens is 264 g/mol. The van der Waals surface area contributed by atoms with Gasteiger partial charge in [-0.1, -0.05) is 18.2 Å². The third kappa shape index (κ3) is 3.39. The first-order chi connectivity index (χ1) is 10.3. The largest absolute Gasteiger partial charge is 0.494 e. The van der Waals surface area contributed by atoms with Crippen molar-refractivity contribution in [2.24, 2.45) is 0 Å². The second-order valence-corrected chi connectivity index (χ2v) is 5.99. The lowest BCUT2D eigenvalue weighted by molar-refractivity contribution is -0.0406. The van der Waals surface area contributed by atoms with E-state index in [-0.39, 0.29) is 0 Å². The van der Waals surface area contributed by atoms with Crippen LogP contribution in [0.25, 0.3) is 0 Å². The quantitative estimate of drug-likeness (QED) is 0.871. The molecule has 2 aliphatic rings. The van der Waals surface area contributed by atoms with Gasteiger partial charge in [-0.2, -0.15) is 0 Å². The Morgan fingerprint density at radius 2 is 2.00 bits per heavy atom. The van der Waals surface area contributed by atoms with E-state index in [4.69, 9.17) is 9.47 Å². The van der Waals surface area contributed by atoms with Crippen LogP contribution in [0.3, 0.4) is 0 Å². The highest BCUT2D eigenvalue weighted by molar-refractivity contribution is 5.36. The average Bonchev–Trinajstić information content (AvgIpc) is 2.85. The van der Waals surface area contributed by atoms with E-state index in [1.165, 1.54) is 18.4 Å². The highest BCUT2D eigenvalue weighted by Crippen LogP contribution is 2.30. The van der Waals surface area contributed by atoms with E-state index in [1.807, 2.05) is 20.0 Å². The summed E-state index contributed by atoms with van der Waals surface area (Å²) < 4.78 is 11.7. The Morgan fingerprint density at radius 3 is 2.67 bits per heavy atom. The number of nitrogens with one attached hydrogen (secondary N) is 1. The highest BCUT2D eigenvalue weighted by atomic mass is 16.5. The molecule has 21 heavy (non-hydrogen) atoms. The van der Waals surface area contributed by atoms with Gasteiger partial charge in [0.1, 0.15) is 5.75 Å². The summed E-state index contributed by atoms with van der Waals surface area (Å²) in [6.07, 6.45) is 3.34. The summed E-state index contributed by atoms with van der Waals surface area (Å²) in [5, 5.41) is 3.45. The number of para-hydroxylation sites is 1. The highest BCUT2D eigenvalue weighted by Gasteiger charge is 2.34. The van der Waals surface area contributed by atoms with Crippen LogP contribution in [-0.4, -0.2) is 50.4 Å². The molecule has 2 aliphatic heterocycles. The Labute approximate surface area is 127 Å². The number of ether oxygens (including phenoxy) is 2. The van der Waals surface area contributed by atoms with Crippen molar-refractivity contribution in [1.29, 1.82) is 0 Å². The van der Waals surface area contributed by atoms with Crippen LogP contribution in [-0.2, 0) is 4.74 Å². The molecule has 4 nitrogen and oxygen atoms in total. The Balaban J connectivity index is 1.70. The van der Waals surface area contributed by atoms with E-state index in [1.54, 1.807) is 0 Å². The summed E-state index contributed by atoms with van der Waals surface area (Å²) in [4.78, 5) is 2.54. The molecule has 116 valence electrons. The lowest BCUT2D eigenvalue weighted by Crippen LogP contribution is -2.45. The predicted octanol–water partition coefficient (Wildman–Crippen LogP) is 2.21. The van der Waals surface area contributed by atoms with Crippen LogP contribution < -0.4 is 10.1 Å². The molecule has 0 aliphatic carbocycles. The number of morpholine rings is 1. The molecule has 3 rings (SSSR count). The lowest BCUT2D eigenvalue weighted by Gasteiger charge is -2.34. The van der Waals surface area contributed by atoms with Gasteiger partial charge < -0.3 is 14.8 Å². The van der Waals surface area contributed by atoms with Crippen LogP contribution in [0, 0.1) is 0 Å². The molecule has 2 heterocycles. The smallest absolute Gasteiger partial charge is 0.124 e. The van der Waals surface area contributed by atoms with Gasteiger partial charge >= 0.3 is 0 Å². The maximum absolute atomic E-state index is 5.92. The van der Waals surface area contributed by atoms with Crippen molar-refractivity contribution in [3.05, 3.63) is 29.8 Å². The van der Waals surface area contributed by atoms with E-state index in [9.17, 15) is 0 Å². The zero-order valence-corrected chi connectivity index (χ0v) is 13.0. The van der Waals surface area contributed by atoms with Gasteiger partial charge in [0, 0.05) is 31.2 Å². The number of hydrogen-bond donors (Lipinski definition) is 1. The zero-order valence-electron chi connectivity index (χ0n) is 13.0. The van der Waals surface area contributed by atoms with Crippen LogP contribution in [0.4, 0.5) is 0 Å². The van der Waals surface area contributed by atoms with E-state index in [2.05, 4.69) is 28.4 Å². The van der Waals surface area contributed by atoms with E-state index in [0.717, 1.165) is 25.4 Å². The van der Waals surface area contributed by atoms with Gasteiger partial charge in [0.25, 0.3) is 0 Å². The Kier molecular flexibility index (Phi) is 4.78. The molecule has 1 aromatic rings. The molecule has 3 atom stereocenters. The molecular formula is C17H26N2O2. The normalized spacial score (nSPS) is 26.8. The lowest BCUT2D eigenvalue weighted by atomic mass is 10.0. The maximum atomic E-state index is 5.92. The summed E-state index contributed by atoms with van der Waals surface area (Å²) in [6.45, 7) is 5.87. The molecule has 0 radical (unpaired) electrons. The first kappa shape index (κ1) is 14.8.